The van der Waals surface area contributed by atoms with Crippen molar-refractivity contribution < 1.29 is 0 Å². The molecule has 0 radical (unpaired) electrons. The lowest BCUT2D eigenvalue weighted by atomic mass is 10.1. The van der Waals surface area contributed by atoms with Gasteiger partial charge in [-0.2, -0.15) is 0 Å². The molecule has 1 N–H and O–H groups in total. The second-order valence-corrected chi connectivity index (χ2v) is 4.75. The van der Waals surface area contributed by atoms with Crippen molar-refractivity contribution in [1.29, 1.82) is 0 Å². The summed E-state index contributed by atoms with van der Waals surface area (Å²) in [4.78, 5) is 9.12. The van der Waals surface area contributed by atoms with Crippen molar-refractivity contribution in [1.82, 2.24) is 19.9 Å². The fraction of sp³-hybridized carbons (Fsp3) is 0.250. The third-order valence-corrected chi connectivity index (χ3v) is 3.40. The van der Waals surface area contributed by atoms with Crippen LogP contribution in [0.4, 0.5) is 0 Å². The Hall–Kier alpha value is -2.20. The molecule has 0 saturated carbocycles. The standard InChI is InChI=1S/C16H18N4/c1-3-16-18-8-9-20(16)15-10-12(11-17-2)19-14-7-5-4-6-13(14)15/h4-10,17H,3,11H2,1-2H3. The quantitative estimate of drug-likeness (QED) is 0.789. The maximum atomic E-state index is 4.69. The van der Waals surface area contributed by atoms with E-state index in [9.17, 15) is 0 Å². The van der Waals surface area contributed by atoms with Crippen LogP contribution in [0.3, 0.4) is 0 Å². The maximum absolute atomic E-state index is 4.69. The summed E-state index contributed by atoms with van der Waals surface area (Å²) in [7, 11) is 1.94. The molecule has 2 heterocycles. The van der Waals surface area contributed by atoms with Gasteiger partial charge in [0.05, 0.1) is 16.9 Å². The normalized spacial score (nSPS) is 11.1. The summed E-state index contributed by atoms with van der Waals surface area (Å²) in [6, 6.07) is 10.4. The molecule has 1 aromatic carbocycles. The molecule has 3 rings (SSSR count). The molecular formula is C16H18N4. The first-order valence-electron chi connectivity index (χ1n) is 6.89. The van der Waals surface area contributed by atoms with E-state index in [-0.39, 0.29) is 0 Å². The Labute approximate surface area is 118 Å². The van der Waals surface area contributed by atoms with Gasteiger partial charge >= 0.3 is 0 Å². The van der Waals surface area contributed by atoms with Gasteiger partial charge in [-0.25, -0.2) is 4.98 Å². The molecule has 20 heavy (non-hydrogen) atoms. The second kappa shape index (κ2) is 5.43. The molecule has 0 fully saturated rings. The average Bonchev–Trinajstić information content (AvgIpc) is 2.95. The summed E-state index contributed by atoms with van der Waals surface area (Å²) in [6.45, 7) is 2.88. The molecular weight excluding hydrogens is 248 g/mol. The summed E-state index contributed by atoms with van der Waals surface area (Å²) in [6.07, 6.45) is 4.78. The molecule has 4 nitrogen and oxygen atoms in total. The fourth-order valence-electron chi connectivity index (χ4n) is 2.50. The Kier molecular flexibility index (Phi) is 3.48. The lowest BCUT2D eigenvalue weighted by molar-refractivity contribution is 0.792. The van der Waals surface area contributed by atoms with Crippen molar-refractivity contribution in [2.45, 2.75) is 19.9 Å². The molecule has 0 aliphatic carbocycles. The number of imidazole rings is 1. The Morgan fingerprint density at radius 1 is 1.25 bits per heavy atom. The predicted molar refractivity (Wildman–Crippen MR) is 81.0 cm³/mol. The number of aryl methyl sites for hydroxylation is 1. The highest BCUT2D eigenvalue weighted by molar-refractivity contribution is 5.87. The highest BCUT2D eigenvalue weighted by atomic mass is 15.1. The van der Waals surface area contributed by atoms with E-state index in [1.54, 1.807) is 0 Å². The molecule has 4 heteroatoms. The van der Waals surface area contributed by atoms with E-state index in [0.29, 0.717) is 0 Å². The zero-order chi connectivity index (χ0) is 13.9. The fourth-order valence-corrected chi connectivity index (χ4v) is 2.50. The van der Waals surface area contributed by atoms with E-state index in [0.717, 1.165) is 41.1 Å². The van der Waals surface area contributed by atoms with Crippen LogP contribution in [-0.4, -0.2) is 21.6 Å². The van der Waals surface area contributed by atoms with Crippen LogP contribution >= 0.6 is 0 Å². The van der Waals surface area contributed by atoms with Crippen molar-refractivity contribution in [3.05, 3.63) is 54.2 Å². The minimum atomic E-state index is 0.758. The van der Waals surface area contributed by atoms with Gasteiger partial charge in [-0.3, -0.25) is 4.98 Å². The highest BCUT2D eigenvalue weighted by Gasteiger charge is 2.09. The number of benzene rings is 1. The second-order valence-electron chi connectivity index (χ2n) is 4.75. The Bertz CT molecular complexity index is 730. The first kappa shape index (κ1) is 12.8. The lowest BCUT2D eigenvalue weighted by Gasteiger charge is -2.12. The number of pyridine rings is 1. The molecule has 0 bridgehead atoms. The monoisotopic (exact) mass is 266 g/mol. The third-order valence-electron chi connectivity index (χ3n) is 3.40. The van der Waals surface area contributed by atoms with E-state index < -0.39 is 0 Å². The van der Waals surface area contributed by atoms with E-state index in [2.05, 4.69) is 40.0 Å². The van der Waals surface area contributed by atoms with Crippen molar-refractivity contribution >= 4 is 10.9 Å². The molecule has 0 spiro atoms. The number of rotatable bonds is 4. The summed E-state index contributed by atoms with van der Waals surface area (Å²) in [5.41, 5.74) is 3.21. The van der Waals surface area contributed by atoms with Crippen LogP contribution in [0.15, 0.2) is 42.7 Å². The first-order chi connectivity index (χ1) is 9.83. The van der Waals surface area contributed by atoms with E-state index in [4.69, 9.17) is 4.98 Å². The molecule has 0 atom stereocenters. The zero-order valence-corrected chi connectivity index (χ0v) is 11.8. The number of para-hydroxylation sites is 1. The number of nitrogens with zero attached hydrogens (tertiary/aromatic N) is 3. The van der Waals surface area contributed by atoms with Gasteiger partial charge < -0.3 is 9.88 Å². The Balaban J connectivity index is 2.27. The van der Waals surface area contributed by atoms with E-state index in [1.807, 2.05) is 31.6 Å². The van der Waals surface area contributed by atoms with Crippen molar-refractivity contribution in [3.8, 4) is 5.69 Å². The van der Waals surface area contributed by atoms with Crippen LogP contribution in [0.5, 0.6) is 0 Å². The van der Waals surface area contributed by atoms with Gasteiger partial charge in [-0.15, -0.1) is 0 Å². The van der Waals surface area contributed by atoms with Crippen LogP contribution < -0.4 is 5.32 Å². The molecule has 0 aliphatic rings. The third kappa shape index (κ3) is 2.18. The maximum Gasteiger partial charge on any atom is 0.112 e. The predicted octanol–water partition coefficient (Wildman–Crippen LogP) is 2.70. The van der Waals surface area contributed by atoms with Gasteiger partial charge in [0, 0.05) is 30.7 Å². The van der Waals surface area contributed by atoms with E-state index >= 15 is 0 Å². The number of hydrogen-bond donors (Lipinski definition) is 1. The Morgan fingerprint density at radius 2 is 2.10 bits per heavy atom. The van der Waals surface area contributed by atoms with Crippen LogP contribution in [0.1, 0.15) is 18.4 Å². The summed E-state index contributed by atoms with van der Waals surface area (Å²) in [5, 5.41) is 4.32. The minimum Gasteiger partial charge on any atom is -0.314 e. The van der Waals surface area contributed by atoms with Crippen molar-refractivity contribution in [2.75, 3.05) is 7.05 Å². The summed E-state index contributed by atoms with van der Waals surface area (Å²) in [5.74, 6) is 1.07. The summed E-state index contributed by atoms with van der Waals surface area (Å²) < 4.78 is 2.16. The first-order valence-corrected chi connectivity index (χ1v) is 6.89. The minimum absolute atomic E-state index is 0.758. The SMILES string of the molecule is CCc1nccn1-c1cc(CNC)nc2ccccc12. The molecule has 3 aromatic rings. The Morgan fingerprint density at radius 3 is 2.90 bits per heavy atom. The van der Waals surface area contributed by atoms with Gasteiger partial charge in [0.25, 0.3) is 0 Å². The number of nitrogens with one attached hydrogen (secondary N) is 1. The van der Waals surface area contributed by atoms with Gasteiger partial charge in [0.15, 0.2) is 0 Å². The van der Waals surface area contributed by atoms with Crippen LogP contribution in [0, 0.1) is 0 Å². The highest BCUT2D eigenvalue weighted by Crippen LogP contribution is 2.23. The van der Waals surface area contributed by atoms with Gasteiger partial charge in [0.1, 0.15) is 5.82 Å². The van der Waals surface area contributed by atoms with E-state index in [1.165, 1.54) is 0 Å². The largest absolute Gasteiger partial charge is 0.314 e. The molecule has 102 valence electrons. The number of aromatic nitrogens is 3. The average molecular weight is 266 g/mol. The summed E-state index contributed by atoms with van der Waals surface area (Å²) >= 11 is 0. The number of fused-ring (bicyclic) bond motifs is 1. The molecule has 2 aromatic heterocycles. The van der Waals surface area contributed by atoms with Gasteiger partial charge in [0.2, 0.25) is 0 Å². The van der Waals surface area contributed by atoms with Crippen LogP contribution in [0.2, 0.25) is 0 Å². The topological polar surface area (TPSA) is 42.7 Å². The van der Waals surface area contributed by atoms with Crippen LogP contribution in [-0.2, 0) is 13.0 Å². The van der Waals surface area contributed by atoms with Gasteiger partial charge in [-0.05, 0) is 19.2 Å². The van der Waals surface area contributed by atoms with Gasteiger partial charge in [-0.1, -0.05) is 25.1 Å². The molecule has 0 aliphatic heterocycles. The molecule has 0 amide bonds. The zero-order valence-electron chi connectivity index (χ0n) is 11.8. The molecule has 0 saturated heterocycles. The van der Waals surface area contributed by atoms with Crippen LogP contribution in [0.25, 0.3) is 16.6 Å². The van der Waals surface area contributed by atoms with Crippen molar-refractivity contribution in [2.24, 2.45) is 0 Å². The number of hydrogen-bond acceptors (Lipinski definition) is 3. The molecule has 0 unspecified atom stereocenters. The van der Waals surface area contributed by atoms with Crippen molar-refractivity contribution in [3.63, 3.8) is 0 Å². The smallest absolute Gasteiger partial charge is 0.112 e. The lowest BCUT2D eigenvalue weighted by Crippen LogP contribution is -2.09.